The fraction of sp³-hybridized carbons (Fsp3) is 0.632. The van der Waals surface area contributed by atoms with E-state index in [1.807, 2.05) is 12.1 Å². The molecule has 2 atom stereocenters. The lowest BCUT2D eigenvalue weighted by Gasteiger charge is -2.39. The van der Waals surface area contributed by atoms with Crippen LogP contribution in [0.3, 0.4) is 0 Å². The van der Waals surface area contributed by atoms with Crippen molar-refractivity contribution < 1.29 is 4.79 Å². The Labute approximate surface area is 148 Å². The summed E-state index contributed by atoms with van der Waals surface area (Å²) in [5.74, 6) is 0.233. The number of likely N-dealkylation sites (tertiary alicyclic amines) is 1. The van der Waals surface area contributed by atoms with Crippen molar-refractivity contribution in [2.45, 2.75) is 53.0 Å². The van der Waals surface area contributed by atoms with Crippen LogP contribution < -0.4 is 5.32 Å². The minimum Gasteiger partial charge on any atom is -0.376 e. The molecule has 2 aliphatic rings. The zero-order valence-corrected chi connectivity index (χ0v) is 16.2. The van der Waals surface area contributed by atoms with Crippen LogP contribution in [0.4, 0.5) is 5.69 Å². The predicted molar refractivity (Wildman–Crippen MR) is 98.6 cm³/mol. The van der Waals surface area contributed by atoms with Gasteiger partial charge in [-0.1, -0.05) is 36.7 Å². The summed E-state index contributed by atoms with van der Waals surface area (Å²) >= 11 is 3.51. The average molecular weight is 379 g/mol. The van der Waals surface area contributed by atoms with E-state index in [4.69, 9.17) is 0 Å². The van der Waals surface area contributed by atoms with E-state index >= 15 is 0 Å². The maximum absolute atomic E-state index is 12.7. The Morgan fingerprint density at radius 1 is 1.35 bits per heavy atom. The van der Waals surface area contributed by atoms with Crippen molar-refractivity contribution in [2.75, 3.05) is 18.4 Å². The van der Waals surface area contributed by atoms with Gasteiger partial charge in [0.15, 0.2) is 0 Å². The van der Waals surface area contributed by atoms with Crippen LogP contribution in [-0.2, 0) is 4.79 Å². The molecule has 0 spiro atoms. The molecule has 0 unspecified atom stereocenters. The monoisotopic (exact) mass is 378 g/mol. The Kier molecular flexibility index (Phi) is 4.24. The van der Waals surface area contributed by atoms with Crippen LogP contribution in [-0.4, -0.2) is 29.9 Å². The molecule has 1 saturated heterocycles. The van der Waals surface area contributed by atoms with Crippen molar-refractivity contribution >= 4 is 27.5 Å². The molecule has 1 aromatic carbocycles. The first-order valence-electron chi connectivity index (χ1n) is 8.47. The van der Waals surface area contributed by atoms with E-state index in [0.717, 1.165) is 23.1 Å². The molecule has 1 aromatic rings. The van der Waals surface area contributed by atoms with Crippen molar-refractivity contribution in [3.63, 3.8) is 0 Å². The Bertz CT molecular complexity index is 628. The molecule has 4 heteroatoms. The quantitative estimate of drug-likeness (QED) is 0.833. The van der Waals surface area contributed by atoms with E-state index in [9.17, 15) is 4.79 Å². The highest BCUT2D eigenvalue weighted by Crippen LogP contribution is 2.52. The second-order valence-corrected chi connectivity index (χ2v) is 9.41. The molecule has 3 rings (SSSR count). The van der Waals surface area contributed by atoms with Crippen LogP contribution in [0.15, 0.2) is 22.7 Å². The zero-order valence-electron chi connectivity index (χ0n) is 14.6. The van der Waals surface area contributed by atoms with Crippen LogP contribution in [0, 0.1) is 17.8 Å². The van der Waals surface area contributed by atoms with Crippen molar-refractivity contribution in [2.24, 2.45) is 10.8 Å². The molecule has 2 fully saturated rings. The molecule has 1 saturated carbocycles. The predicted octanol–water partition coefficient (Wildman–Crippen LogP) is 4.60. The molecular formula is C19H27BrN2O. The summed E-state index contributed by atoms with van der Waals surface area (Å²) in [4.78, 5) is 14.9. The van der Waals surface area contributed by atoms with Gasteiger partial charge in [0.25, 0.3) is 0 Å². The Balaban J connectivity index is 1.64. The first-order valence-corrected chi connectivity index (χ1v) is 9.26. The van der Waals surface area contributed by atoms with Gasteiger partial charge < -0.3 is 10.2 Å². The fourth-order valence-electron chi connectivity index (χ4n) is 4.79. The number of hydrogen-bond donors (Lipinski definition) is 1. The molecule has 1 aliphatic heterocycles. The smallest absolute Gasteiger partial charge is 0.242 e. The lowest BCUT2D eigenvalue weighted by Crippen LogP contribution is -2.40. The number of carbonyl (C=O) groups is 1. The summed E-state index contributed by atoms with van der Waals surface area (Å²) in [6.07, 6.45) is 3.52. The van der Waals surface area contributed by atoms with Crippen LogP contribution in [0.2, 0.25) is 0 Å². The number of carbonyl (C=O) groups excluding carboxylic acids is 1. The summed E-state index contributed by atoms with van der Waals surface area (Å²) in [5.41, 5.74) is 2.83. The van der Waals surface area contributed by atoms with Crippen molar-refractivity contribution in [3.8, 4) is 0 Å². The molecule has 3 nitrogen and oxygen atoms in total. The van der Waals surface area contributed by atoms with Gasteiger partial charge in [-0.25, -0.2) is 0 Å². The van der Waals surface area contributed by atoms with Crippen LogP contribution >= 0.6 is 15.9 Å². The maximum Gasteiger partial charge on any atom is 0.242 e. The topological polar surface area (TPSA) is 32.3 Å². The van der Waals surface area contributed by atoms with E-state index in [-0.39, 0.29) is 5.91 Å². The molecule has 23 heavy (non-hydrogen) atoms. The second kappa shape index (κ2) is 5.80. The first-order chi connectivity index (χ1) is 10.7. The van der Waals surface area contributed by atoms with E-state index in [1.54, 1.807) is 0 Å². The highest BCUT2D eigenvalue weighted by molar-refractivity contribution is 9.10. The van der Waals surface area contributed by atoms with E-state index < -0.39 is 0 Å². The third-order valence-electron chi connectivity index (χ3n) is 5.34. The van der Waals surface area contributed by atoms with Gasteiger partial charge in [-0.3, -0.25) is 4.79 Å². The standard InChI is InChI=1S/C19H27BrN2O/c1-13-7-14(5-6-16(13)20)21-10-17(23)22-12-19(4)9-15(22)8-18(2,3)11-19/h5-7,15,21H,8-12H2,1-4H3/t15-,19-/m0/s1. The van der Waals surface area contributed by atoms with E-state index in [1.165, 1.54) is 18.4 Å². The number of halogens is 1. The molecular weight excluding hydrogens is 352 g/mol. The molecule has 1 heterocycles. The van der Waals surface area contributed by atoms with Crippen molar-refractivity contribution in [3.05, 3.63) is 28.2 Å². The third kappa shape index (κ3) is 3.57. The van der Waals surface area contributed by atoms with Gasteiger partial charge in [-0.05, 0) is 60.8 Å². The van der Waals surface area contributed by atoms with Gasteiger partial charge in [-0.2, -0.15) is 0 Å². The number of rotatable bonds is 3. The summed E-state index contributed by atoms with van der Waals surface area (Å²) in [6.45, 7) is 10.4. The average Bonchev–Trinajstić information content (AvgIpc) is 2.69. The van der Waals surface area contributed by atoms with Crippen LogP contribution in [0.1, 0.15) is 45.6 Å². The summed E-state index contributed by atoms with van der Waals surface area (Å²) in [6, 6.07) is 6.53. The lowest BCUT2D eigenvalue weighted by atomic mass is 9.65. The van der Waals surface area contributed by atoms with Gasteiger partial charge >= 0.3 is 0 Å². The molecule has 2 bridgehead atoms. The van der Waals surface area contributed by atoms with E-state index in [0.29, 0.717) is 23.4 Å². The number of fused-ring (bicyclic) bond motifs is 2. The third-order valence-corrected chi connectivity index (χ3v) is 6.23. The normalized spacial score (nSPS) is 28.7. The molecule has 0 radical (unpaired) electrons. The lowest BCUT2D eigenvalue weighted by molar-refractivity contribution is -0.130. The summed E-state index contributed by atoms with van der Waals surface area (Å²) < 4.78 is 1.10. The van der Waals surface area contributed by atoms with Gasteiger partial charge in [0.1, 0.15) is 0 Å². The Hall–Kier alpha value is -1.03. The number of nitrogens with one attached hydrogen (secondary N) is 1. The summed E-state index contributed by atoms with van der Waals surface area (Å²) in [7, 11) is 0. The fourth-order valence-corrected chi connectivity index (χ4v) is 5.03. The highest BCUT2D eigenvalue weighted by Gasteiger charge is 2.50. The number of amides is 1. The van der Waals surface area contributed by atoms with Crippen molar-refractivity contribution in [1.29, 1.82) is 0 Å². The zero-order chi connectivity index (χ0) is 16.8. The molecule has 1 N–H and O–H groups in total. The van der Waals surface area contributed by atoms with Gasteiger partial charge in [0.2, 0.25) is 5.91 Å². The molecule has 0 aromatic heterocycles. The Morgan fingerprint density at radius 3 is 2.78 bits per heavy atom. The van der Waals surface area contributed by atoms with E-state index in [2.05, 4.69) is 59.9 Å². The Morgan fingerprint density at radius 2 is 2.09 bits per heavy atom. The minimum absolute atomic E-state index is 0.233. The van der Waals surface area contributed by atoms with Gasteiger partial charge in [-0.15, -0.1) is 0 Å². The molecule has 126 valence electrons. The highest BCUT2D eigenvalue weighted by atomic mass is 79.9. The number of hydrogen-bond acceptors (Lipinski definition) is 2. The molecule has 1 amide bonds. The first kappa shape index (κ1) is 16.8. The van der Waals surface area contributed by atoms with Gasteiger partial charge in [0.05, 0.1) is 6.54 Å². The number of aryl methyl sites for hydroxylation is 1. The largest absolute Gasteiger partial charge is 0.376 e. The van der Waals surface area contributed by atoms with Gasteiger partial charge in [0, 0.05) is 22.7 Å². The number of benzene rings is 1. The minimum atomic E-state index is 0.233. The maximum atomic E-state index is 12.7. The van der Waals surface area contributed by atoms with Crippen molar-refractivity contribution in [1.82, 2.24) is 4.90 Å². The van der Waals surface area contributed by atoms with Crippen LogP contribution in [0.25, 0.3) is 0 Å². The number of anilines is 1. The molecule has 1 aliphatic carbocycles. The van der Waals surface area contributed by atoms with Crippen LogP contribution in [0.5, 0.6) is 0 Å². The summed E-state index contributed by atoms with van der Waals surface area (Å²) in [5, 5.41) is 3.29. The second-order valence-electron chi connectivity index (χ2n) is 8.55. The SMILES string of the molecule is Cc1cc(NCC(=O)N2C[C@@]3(C)C[C@@H]2CC(C)(C)C3)ccc1Br. The number of nitrogens with zero attached hydrogens (tertiary/aromatic N) is 1.